The number of nitrogens with two attached hydrogens (primary N) is 1. The van der Waals surface area contributed by atoms with E-state index < -0.39 is 6.03 Å². The zero-order valence-electron chi connectivity index (χ0n) is 13.5. The second kappa shape index (κ2) is 6.45. The third-order valence-electron chi connectivity index (χ3n) is 3.74. The summed E-state index contributed by atoms with van der Waals surface area (Å²) in [5, 5.41) is 9.43. The van der Waals surface area contributed by atoms with Crippen LogP contribution >= 0.6 is 0 Å². The number of primary amides is 1. The van der Waals surface area contributed by atoms with E-state index in [4.69, 9.17) is 5.73 Å². The van der Waals surface area contributed by atoms with Crippen LogP contribution < -0.4 is 26.8 Å². The molecule has 3 rings (SSSR count). The standard InChI is InChI=1S/C18H17N5O/c1-20-15-13-10-6-7-11-14(13)16(21-2)17(15)22-23(18(19)24)12-8-4-3-5-9-12/h3-11H,1-2H3,(H2,19,24). The lowest BCUT2D eigenvalue weighted by Gasteiger charge is -2.13. The molecule has 0 aliphatic carbocycles. The monoisotopic (exact) mass is 319 g/mol. The van der Waals surface area contributed by atoms with E-state index in [2.05, 4.69) is 15.1 Å². The van der Waals surface area contributed by atoms with Crippen LogP contribution in [0.25, 0.3) is 10.8 Å². The topological polar surface area (TPSA) is 83.4 Å². The summed E-state index contributed by atoms with van der Waals surface area (Å²) in [6.45, 7) is 0. The molecule has 6 nitrogen and oxygen atoms in total. The molecule has 0 aliphatic heterocycles. The fourth-order valence-corrected chi connectivity index (χ4v) is 2.71. The van der Waals surface area contributed by atoms with Crippen molar-refractivity contribution in [1.29, 1.82) is 0 Å². The Labute approximate surface area is 138 Å². The highest BCUT2D eigenvalue weighted by Gasteiger charge is 2.13. The van der Waals surface area contributed by atoms with Crippen molar-refractivity contribution >= 4 is 22.5 Å². The van der Waals surface area contributed by atoms with Gasteiger partial charge in [0.15, 0.2) is 0 Å². The second-order valence-electron chi connectivity index (χ2n) is 5.12. The number of benzene rings is 2. The number of carbonyl (C=O) groups excluding carboxylic acids is 1. The molecule has 0 saturated carbocycles. The van der Waals surface area contributed by atoms with Gasteiger partial charge in [0.05, 0.1) is 16.4 Å². The largest absolute Gasteiger partial charge is 0.350 e. The second-order valence-corrected chi connectivity index (χ2v) is 5.12. The van der Waals surface area contributed by atoms with Gasteiger partial charge in [0.1, 0.15) is 5.36 Å². The molecule has 0 aromatic heterocycles. The molecular formula is C18H17N5O. The van der Waals surface area contributed by atoms with Crippen molar-refractivity contribution in [2.24, 2.45) is 20.8 Å². The molecule has 0 heterocycles. The minimum atomic E-state index is -0.671. The molecule has 0 bridgehead atoms. The fourth-order valence-electron chi connectivity index (χ4n) is 2.71. The molecule has 0 unspecified atom stereocenters. The van der Waals surface area contributed by atoms with Crippen LogP contribution in [-0.2, 0) is 0 Å². The van der Waals surface area contributed by atoms with Gasteiger partial charge >= 0.3 is 6.03 Å². The Morgan fingerprint density at radius 1 is 0.833 bits per heavy atom. The highest BCUT2D eigenvalue weighted by molar-refractivity contribution is 5.90. The highest BCUT2D eigenvalue weighted by atomic mass is 16.2. The van der Waals surface area contributed by atoms with E-state index in [0.29, 0.717) is 21.8 Å². The molecule has 0 radical (unpaired) electrons. The number of nitrogens with zero attached hydrogens (tertiary/aromatic N) is 4. The summed E-state index contributed by atoms with van der Waals surface area (Å²) in [5.41, 5.74) is 6.11. The Hall–Kier alpha value is -3.28. The lowest BCUT2D eigenvalue weighted by molar-refractivity contribution is 0.254. The normalized spacial score (nSPS) is 12.6. The average Bonchev–Trinajstić information content (AvgIpc) is 2.92. The highest BCUT2D eigenvalue weighted by Crippen LogP contribution is 2.12. The third-order valence-corrected chi connectivity index (χ3v) is 3.74. The van der Waals surface area contributed by atoms with Crippen LogP contribution in [0.1, 0.15) is 0 Å². The van der Waals surface area contributed by atoms with Crippen LogP contribution in [0, 0.1) is 0 Å². The molecule has 0 aliphatic rings. The number of fused-ring (bicyclic) bond motifs is 1. The maximum atomic E-state index is 11.9. The van der Waals surface area contributed by atoms with Gasteiger partial charge in [0.25, 0.3) is 0 Å². The minimum absolute atomic E-state index is 0.531. The van der Waals surface area contributed by atoms with E-state index in [0.717, 1.165) is 15.8 Å². The Morgan fingerprint density at radius 3 is 1.79 bits per heavy atom. The molecule has 0 fully saturated rings. The zero-order chi connectivity index (χ0) is 17.1. The third kappa shape index (κ3) is 2.58. The lowest BCUT2D eigenvalue weighted by Crippen LogP contribution is -2.40. The molecule has 24 heavy (non-hydrogen) atoms. The van der Waals surface area contributed by atoms with Crippen molar-refractivity contribution < 1.29 is 4.79 Å². The predicted molar refractivity (Wildman–Crippen MR) is 93.4 cm³/mol. The average molecular weight is 319 g/mol. The maximum absolute atomic E-state index is 11.9. The van der Waals surface area contributed by atoms with E-state index in [-0.39, 0.29) is 0 Å². The van der Waals surface area contributed by atoms with E-state index >= 15 is 0 Å². The number of amides is 2. The van der Waals surface area contributed by atoms with Crippen LogP contribution in [0.5, 0.6) is 0 Å². The molecule has 6 heteroatoms. The summed E-state index contributed by atoms with van der Waals surface area (Å²) < 4.78 is 0. The number of anilines is 1. The fraction of sp³-hybridized carbons (Fsp3) is 0.111. The first kappa shape index (κ1) is 15.6. The maximum Gasteiger partial charge on any atom is 0.340 e. The van der Waals surface area contributed by atoms with Gasteiger partial charge in [-0.05, 0) is 12.1 Å². The molecule has 2 amide bonds. The molecular weight excluding hydrogens is 302 g/mol. The number of rotatable bonds is 2. The molecule has 120 valence electrons. The van der Waals surface area contributed by atoms with Gasteiger partial charge in [-0.3, -0.25) is 9.98 Å². The lowest BCUT2D eigenvalue weighted by atomic mass is 10.2. The quantitative estimate of drug-likeness (QED) is 0.707. The summed E-state index contributed by atoms with van der Waals surface area (Å²) in [6, 6.07) is 16.1. The van der Waals surface area contributed by atoms with Gasteiger partial charge in [-0.1, -0.05) is 42.5 Å². The SMILES string of the molecule is CN=c1c(=NN(C(N)=O)c2ccccc2)c(=NC)c2ccccc12. The van der Waals surface area contributed by atoms with Crippen molar-refractivity contribution in [2.45, 2.75) is 0 Å². The van der Waals surface area contributed by atoms with Crippen molar-refractivity contribution in [3.8, 4) is 0 Å². The Balaban J connectivity index is 2.40. The van der Waals surface area contributed by atoms with Gasteiger partial charge in [-0.25, -0.2) is 4.79 Å². The van der Waals surface area contributed by atoms with Crippen LogP contribution in [0.2, 0.25) is 0 Å². The number of para-hydroxylation sites is 1. The van der Waals surface area contributed by atoms with Crippen molar-refractivity contribution in [1.82, 2.24) is 0 Å². The molecule has 0 atom stereocenters. The first-order valence-corrected chi connectivity index (χ1v) is 7.44. The van der Waals surface area contributed by atoms with E-state index in [9.17, 15) is 4.79 Å². The smallest absolute Gasteiger partial charge is 0.340 e. The number of hydrogen-bond donors (Lipinski definition) is 1. The zero-order valence-corrected chi connectivity index (χ0v) is 13.5. The van der Waals surface area contributed by atoms with Gasteiger partial charge in [0, 0.05) is 24.9 Å². The van der Waals surface area contributed by atoms with Crippen LogP contribution in [0.4, 0.5) is 10.5 Å². The van der Waals surface area contributed by atoms with Gasteiger partial charge < -0.3 is 5.73 Å². The minimum Gasteiger partial charge on any atom is -0.350 e. The van der Waals surface area contributed by atoms with Gasteiger partial charge in [0.2, 0.25) is 0 Å². The van der Waals surface area contributed by atoms with Crippen molar-refractivity contribution in [2.75, 3.05) is 19.1 Å². The molecule has 0 saturated heterocycles. The number of carbonyl (C=O) groups is 1. The van der Waals surface area contributed by atoms with E-state index in [1.54, 1.807) is 26.2 Å². The van der Waals surface area contributed by atoms with Crippen LogP contribution in [0.3, 0.4) is 0 Å². The molecule has 0 spiro atoms. The van der Waals surface area contributed by atoms with E-state index in [1.165, 1.54) is 0 Å². The Kier molecular flexibility index (Phi) is 4.20. The van der Waals surface area contributed by atoms with Crippen molar-refractivity contribution in [3.63, 3.8) is 0 Å². The number of urea groups is 1. The van der Waals surface area contributed by atoms with Crippen LogP contribution in [-0.4, -0.2) is 20.1 Å². The molecule has 3 aromatic carbocycles. The molecule has 3 aromatic rings. The summed E-state index contributed by atoms with van der Waals surface area (Å²) in [5.74, 6) is 0. The van der Waals surface area contributed by atoms with E-state index in [1.807, 2.05) is 42.5 Å². The van der Waals surface area contributed by atoms with Gasteiger partial charge in [-0.15, -0.1) is 0 Å². The first-order chi connectivity index (χ1) is 11.7. The Morgan fingerprint density at radius 2 is 1.33 bits per heavy atom. The summed E-state index contributed by atoms with van der Waals surface area (Å²) >= 11 is 0. The Bertz CT molecular complexity index is 1010. The predicted octanol–water partition coefficient (Wildman–Crippen LogP) is 1.18. The summed E-state index contributed by atoms with van der Waals surface area (Å²) in [4.78, 5) is 20.6. The van der Waals surface area contributed by atoms with Crippen molar-refractivity contribution in [3.05, 3.63) is 70.7 Å². The summed E-state index contributed by atoms with van der Waals surface area (Å²) in [6.07, 6.45) is 0. The molecule has 2 N–H and O–H groups in total. The van der Waals surface area contributed by atoms with Gasteiger partial charge in [-0.2, -0.15) is 10.1 Å². The van der Waals surface area contributed by atoms with Crippen LogP contribution in [0.15, 0.2) is 69.7 Å². The summed E-state index contributed by atoms with van der Waals surface area (Å²) in [7, 11) is 3.38. The first-order valence-electron chi connectivity index (χ1n) is 7.44. The number of hydrogen-bond acceptors (Lipinski definition) is 4.